The van der Waals surface area contributed by atoms with Crippen molar-refractivity contribution >= 4 is 5.91 Å². The van der Waals surface area contributed by atoms with Crippen LogP contribution in [0.25, 0.3) is 0 Å². The molecule has 2 aromatic carbocycles. The number of rotatable bonds is 8. The lowest BCUT2D eigenvalue weighted by Gasteiger charge is -2.47. The van der Waals surface area contributed by atoms with Crippen LogP contribution in [0.2, 0.25) is 0 Å². The van der Waals surface area contributed by atoms with Gasteiger partial charge < -0.3 is 10.0 Å². The molecule has 3 atom stereocenters. The molecule has 0 unspecified atom stereocenters. The monoisotopic (exact) mass is 435 g/mol. The smallest absolute Gasteiger partial charge is 0.253 e. The summed E-state index contributed by atoms with van der Waals surface area (Å²) < 4.78 is 0. The standard InChI is InChI=1S/C27H37N3O2/c1-6-16-29-18-21(5)30(19-20(29)4)26(24-10-9-11-25(31)17-24)22-12-14-23(15-13-22)27(32)28(7-2)8-3/h6,9-15,17,20-21,26,31H,1,7-8,16,18-19H2,2-5H3/t20-,21-,26+/m0/s1. The van der Waals surface area contributed by atoms with E-state index in [0.717, 1.165) is 30.8 Å². The fourth-order valence-electron chi connectivity index (χ4n) is 4.78. The van der Waals surface area contributed by atoms with Gasteiger partial charge in [-0.15, -0.1) is 6.58 Å². The van der Waals surface area contributed by atoms with E-state index < -0.39 is 0 Å². The maximum absolute atomic E-state index is 12.8. The van der Waals surface area contributed by atoms with Gasteiger partial charge in [-0.1, -0.05) is 30.3 Å². The molecule has 1 saturated heterocycles. The molecular weight excluding hydrogens is 398 g/mol. The van der Waals surface area contributed by atoms with Crippen LogP contribution in [0, 0.1) is 0 Å². The third kappa shape index (κ3) is 5.22. The molecule has 0 bridgehead atoms. The van der Waals surface area contributed by atoms with Crippen molar-refractivity contribution < 1.29 is 9.90 Å². The molecule has 0 aliphatic carbocycles. The van der Waals surface area contributed by atoms with Crippen molar-refractivity contribution in [2.75, 3.05) is 32.7 Å². The molecule has 1 heterocycles. The Morgan fingerprint density at radius 2 is 1.78 bits per heavy atom. The van der Waals surface area contributed by atoms with Crippen molar-refractivity contribution in [3.05, 3.63) is 77.9 Å². The molecule has 0 aromatic heterocycles. The highest BCUT2D eigenvalue weighted by molar-refractivity contribution is 5.94. The predicted octanol–water partition coefficient (Wildman–Crippen LogP) is 4.54. The number of phenols is 1. The zero-order valence-corrected chi connectivity index (χ0v) is 19.9. The van der Waals surface area contributed by atoms with Crippen LogP contribution in [-0.2, 0) is 0 Å². The molecule has 32 heavy (non-hydrogen) atoms. The third-order valence-electron chi connectivity index (χ3n) is 6.57. The zero-order chi connectivity index (χ0) is 23.3. The number of carbonyl (C=O) groups is 1. The number of aromatic hydroxyl groups is 1. The first-order chi connectivity index (χ1) is 15.4. The summed E-state index contributed by atoms with van der Waals surface area (Å²) in [6.07, 6.45) is 1.97. The molecule has 0 saturated carbocycles. The number of hydrogen-bond donors (Lipinski definition) is 1. The van der Waals surface area contributed by atoms with Crippen LogP contribution in [0.5, 0.6) is 5.75 Å². The summed E-state index contributed by atoms with van der Waals surface area (Å²) in [7, 11) is 0. The minimum atomic E-state index is 0.00281. The Balaban J connectivity index is 1.96. The molecular formula is C27H37N3O2. The summed E-state index contributed by atoms with van der Waals surface area (Å²) >= 11 is 0. The first-order valence-corrected chi connectivity index (χ1v) is 11.7. The first-order valence-electron chi connectivity index (χ1n) is 11.7. The van der Waals surface area contributed by atoms with Gasteiger partial charge in [0.25, 0.3) is 5.91 Å². The van der Waals surface area contributed by atoms with Crippen molar-refractivity contribution in [1.29, 1.82) is 0 Å². The van der Waals surface area contributed by atoms with Crippen molar-refractivity contribution in [2.45, 2.75) is 45.8 Å². The molecule has 5 heteroatoms. The van der Waals surface area contributed by atoms with E-state index in [9.17, 15) is 9.90 Å². The van der Waals surface area contributed by atoms with Gasteiger partial charge in [-0.05, 0) is 63.1 Å². The maximum Gasteiger partial charge on any atom is 0.253 e. The highest BCUT2D eigenvalue weighted by Crippen LogP contribution is 2.34. The second kappa shape index (κ2) is 10.8. The molecule has 1 fully saturated rings. The number of phenolic OH excluding ortho intramolecular Hbond substituents is 1. The van der Waals surface area contributed by atoms with Crippen LogP contribution in [-0.4, -0.2) is 70.5 Å². The summed E-state index contributed by atoms with van der Waals surface area (Å²) in [5, 5.41) is 10.2. The highest BCUT2D eigenvalue weighted by Gasteiger charge is 2.34. The average molecular weight is 436 g/mol. The van der Waals surface area contributed by atoms with Gasteiger partial charge >= 0.3 is 0 Å². The SMILES string of the molecule is C=CCN1C[C@H](C)N([C@H](c2ccc(C(=O)N(CC)CC)cc2)c2cccc(O)c2)C[C@@H]1C. The summed E-state index contributed by atoms with van der Waals surface area (Å²) in [4.78, 5) is 19.6. The Kier molecular flexibility index (Phi) is 8.10. The Morgan fingerprint density at radius 1 is 1.09 bits per heavy atom. The van der Waals surface area contributed by atoms with Gasteiger partial charge in [-0.25, -0.2) is 0 Å². The molecule has 5 nitrogen and oxygen atoms in total. The van der Waals surface area contributed by atoms with Gasteiger partial charge in [0, 0.05) is 50.4 Å². The molecule has 1 amide bonds. The van der Waals surface area contributed by atoms with E-state index >= 15 is 0 Å². The average Bonchev–Trinajstić information content (AvgIpc) is 2.78. The van der Waals surface area contributed by atoms with E-state index in [1.54, 1.807) is 6.07 Å². The minimum Gasteiger partial charge on any atom is -0.508 e. The molecule has 172 valence electrons. The van der Waals surface area contributed by atoms with E-state index in [1.807, 2.05) is 49.1 Å². The van der Waals surface area contributed by atoms with Crippen molar-refractivity contribution in [3.8, 4) is 5.75 Å². The fourth-order valence-corrected chi connectivity index (χ4v) is 4.78. The Bertz CT molecular complexity index is 907. The number of amides is 1. The molecule has 2 aromatic rings. The Morgan fingerprint density at radius 3 is 2.38 bits per heavy atom. The van der Waals surface area contributed by atoms with Crippen molar-refractivity contribution in [3.63, 3.8) is 0 Å². The van der Waals surface area contributed by atoms with E-state index in [4.69, 9.17) is 0 Å². The summed E-state index contributed by atoms with van der Waals surface area (Å²) in [6, 6.07) is 16.3. The van der Waals surface area contributed by atoms with E-state index in [1.165, 1.54) is 0 Å². The topological polar surface area (TPSA) is 47.0 Å². The van der Waals surface area contributed by atoms with Gasteiger partial charge in [0.1, 0.15) is 5.75 Å². The lowest BCUT2D eigenvalue weighted by atomic mass is 9.92. The molecule has 1 aliphatic rings. The molecule has 1 aliphatic heterocycles. The Labute approximate surface area is 193 Å². The first kappa shape index (κ1) is 24.0. The van der Waals surface area contributed by atoms with Crippen molar-refractivity contribution in [2.24, 2.45) is 0 Å². The quantitative estimate of drug-likeness (QED) is 0.618. The van der Waals surface area contributed by atoms with Crippen LogP contribution < -0.4 is 0 Å². The fraction of sp³-hybridized carbons (Fsp3) is 0.444. The van der Waals surface area contributed by atoms with E-state index in [0.29, 0.717) is 30.7 Å². The number of benzene rings is 2. The van der Waals surface area contributed by atoms with Gasteiger partial charge in [0.05, 0.1) is 6.04 Å². The van der Waals surface area contributed by atoms with Gasteiger partial charge in [0.2, 0.25) is 0 Å². The molecule has 3 rings (SSSR count). The molecule has 1 N–H and O–H groups in total. The van der Waals surface area contributed by atoms with Gasteiger partial charge in [-0.2, -0.15) is 0 Å². The number of piperazine rings is 1. The van der Waals surface area contributed by atoms with Crippen LogP contribution in [0.4, 0.5) is 0 Å². The summed E-state index contributed by atoms with van der Waals surface area (Å²) in [6.45, 7) is 16.6. The van der Waals surface area contributed by atoms with Crippen LogP contribution in [0.1, 0.15) is 55.2 Å². The van der Waals surface area contributed by atoms with Crippen LogP contribution in [0.3, 0.4) is 0 Å². The van der Waals surface area contributed by atoms with Gasteiger partial charge in [-0.3, -0.25) is 14.6 Å². The zero-order valence-electron chi connectivity index (χ0n) is 19.9. The van der Waals surface area contributed by atoms with E-state index in [-0.39, 0.29) is 17.7 Å². The van der Waals surface area contributed by atoms with Crippen LogP contribution >= 0.6 is 0 Å². The second-order valence-corrected chi connectivity index (χ2v) is 8.73. The second-order valence-electron chi connectivity index (χ2n) is 8.73. The largest absolute Gasteiger partial charge is 0.508 e. The summed E-state index contributed by atoms with van der Waals surface area (Å²) in [5.74, 6) is 0.335. The highest BCUT2D eigenvalue weighted by atomic mass is 16.3. The number of carbonyl (C=O) groups excluding carboxylic acids is 1. The lowest BCUT2D eigenvalue weighted by molar-refractivity contribution is 0.0306. The minimum absolute atomic E-state index is 0.00281. The third-order valence-corrected chi connectivity index (χ3v) is 6.57. The van der Waals surface area contributed by atoms with Gasteiger partial charge in [0.15, 0.2) is 0 Å². The maximum atomic E-state index is 12.8. The number of hydrogen-bond acceptors (Lipinski definition) is 4. The number of nitrogens with zero attached hydrogens (tertiary/aromatic N) is 3. The van der Waals surface area contributed by atoms with Crippen LogP contribution in [0.15, 0.2) is 61.2 Å². The molecule has 0 spiro atoms. The molecule has 0 radical (unpaired) electrons. The van der Waals surface area contributed by atoms with E-state index in [2.05, 4.69) is 48.4 Å². The summed E-state index contributed by atoms with van der Waals surface area (Å²) in [5.41, 5.74) is 2.90. The normalized spacial score (nSPS) is 20.6. The predicted molar refractivity (Wildman–Crippen MR) is 131 cm³/mol. The van der Waals surface area contributed by atoms with Crippen molar-refractivity contribution in [1.82, 2.24) is 14.7 Å². The Hall–Kier alpha value is -2.63. The lowest BCUT2D eigenvalue weighted by Crippen LogP contribution is -2.57.